The monoisotopic (exact) mass is 209 g/mol. The van der Waals surface area contributed by atoms with Crippen LogP contribution in [0.5, 0.6) is 0 Å². The van der Waals surface area contributed by atoms with Crippen molar-refractivity contribution in [1.29, 1.82) is 5.26 Å². The molecule has 0 aliphatic rings. The highest BCUT2D eigenvalue weighted by Crippen LogP contribution is 2.20. The fourth-order valence-corrected chi connectivity index (χ4v) is 1.64. The highest BCUT2D eigenvalue weighted by Gasteiger charge is 2.02. The molecule has 0 aliphatic carbocycles. The normalized spacial score (nSPS) is 11.4. The van der Waals surface area contributed by atoms with Crippen LogP contribution in [-0.4, -0.2) is 4.98 Å². The average Bonchev–Trinajstić information content (AvgIpc) is 2.33. The Labute approximate surface area is 93.8 Å². The second-order valence-electron chi connectivity index (χ2n) is 3.57. The van der Waals surface area contributed by atoms with Gasteiger partial charge in [0.1, 0.15) is 11.8 Å². The Bertz CT molecular complexity index is 606. The molecule has 0 saturated carbocycles. The van der Waals surface area contributed by atoms with Gasteiger partial charge in [-0.15, -0.1) is 0 Å². The van der Waals surface area contributed by atoms with Gasteiger partial charge in [-0.05, 0) is 30.2 Å². The molecule has 1 aromatic carbocycles. The molecule has 0 amide bonds. The molecule has 1 heterocycles. The molecule has 0 unspecified atom stereocenters. The number of allylic oxidation sites excluding steroid dienone is 1. The summed E-state index contributed by atoms with van der Waals surface area (Å²) < 4.78 is 0. The Morgan fingerprint density at radius 3 is 2.94 bits per heavy atom. The molecule has 0 fully saturated rings. The van der Waals surface area contributed by atoms with Gasteiger partial charge in [-0.1, -0.05) is 18.2 Å². The van der Waals surface area contributed by atoms with Crippen molar-refractivity contribution in [1.82, 2.24) is 4.98 Å². The van der Waals surface area contributed by atoms with Crippen molar-refractivity contribution in [2.24, 2.45) is 5.73 Å². The Hall–Kier alpha value is -2.34. The van der Waals surface area contributed by atoms with Crippen LogP contribution in [0.1, 0.15) is 11.1 Å². The fraction of sp³-hybridized carbons (Fsp3) is 0.0769. The standard InChI is InChI=1S/C13H11N3/c1-9-10(6-11(15)7-14)8-16-13-5-3-2-4-12(9)13/h2-6,8H,15H2,1H3/b11-6-. The predicted octanol–water partition coefficient (Wildman–Crippen LogP) is 2.37. The molecule has 2 rings (SSSR count). The summed E-state index contributed by atoms with van der Waals surface area (Å²) in [6, 6.07) is 9.80. The number of pyridine rings is 1. The fourth-order valence-electron chi connectivity index (χ4n) is 1.64. The highest BCUT2D eigenvalue weighted by atomic mass is 14.7. The highest BCUT2D eigenvalue weighted by molar-refractivity contribution is 5.85. The van der Waals surface area contributed by atoms with Crippen molar-refractivity contribution in [3.05, 3.63) is 47.3 Å². The number of aryl methyl sites for hydroxylation is 1. The van der Waals surface area contributed by atoms with Crippen molar-refractivity contribution < 1.29 is 0 Å². The molecule has 1 aromatic heterocycles. The smallest absolute Gasteiger partial charge is 0.117 e. The molecule has 0 radical (unpaired) electrons. The number of fused-ring (bicyclic) bond motifs is 1. The van der Waals surface area contributed by atoms with E-state index < -0.39 is 0 Å². The van der Waals surface area contributed by atoms with Crippen LogP contribution in [-0.2, 0) is 0 Å². The van der Waals surface area contributed by atoms with E-state index in [0.29, 0.717) is 0 Å². The first-order valence-electron chi connectivity index (χ1n) is 4.94. The quantitative estimate of drug-likeness (QED) is 0.733. The van der Waals surface area contributed by atoms with Crippen molar-refractivity contribution >= 4 is 17.0 Å². The maximum absolute atomic E-state index is 8.64. The number of hydrogen-bond acceptors (Lipinski definition) is 3. The van der Waals surface area contributed by atoms with Crippen LogP contribution in [0, 0.1) is 18.3 Å². The molecule has 0 saturated heterocycles. The summed E-state index contributed by atoms with van der Waals surface area (Å²) in [5, 5.41) is 9.72. The van der Waals surface area contributed by atoms with Gasteiger partial charge in [0.15, 0.2) is 0 Å². The molecule has 2 aromatic rings. The molecular formula is C13H11N3. The van der Waals surface area contributed by atoms with Crippen molar-refractivity contribution in [2.45, 2.75) is 6.92 Å². The zero-order chi connectivity index (χ0) is 11.5. The van der Waals surface area contributed by atoms with Crippen LogP contribution in [0.2, 0.25) is 0 Å². The van der Waals surface area contributed by atoms with Gasteiger partial charge in [0.2, 0.25) is 0 Å². The molecule has 16 heavy (non-hydrogen) atoms. The summed E-state index contributed by atoms with van der Waals surface area (Å²) >= 11 is 0. The van der Waals surface area contributed by atoms with E-state index in [1.165, 1.54) is 0 Å². The van der Waals surface area contributed by atoms with Crippen LogP contribution in [0.3, 0.4) is 0 Å². The zero-order valence-electron chi connectivity index (χ0n) is 8.94. The number of nitrogens with zero attached hydrogens (tertiary/aromatic N) is 2. The summed E-state index contributed by atoms with van der Waals surface area (Å²) in [7, 11) is 0. The van der Waals surface area contributed by atoms with Crippen LogP contribution in [0.25, 0.3) is 17.0 Å². The third-order valence-electron chi connectivity index (χ3n) is 2.52. The molecule has 78 valence electrons. The summed E-state index contributed by atoms with van der Waals surface area (Å²) in [5.74, 6) is 0. The van der Waals surface area contributed by atoms with E-state index in [9.17, 15) is 0 Å². The number of benzene rings is 1. The molecule has 2 N–H and O–H groups in total. The lowest BCUT2D eigenvalue weighted by Gasteiger charge is -2.04. The lowest BCUT2D eigenvalue weighted by molar-refractivity contribution is 1.33. The Balaban J connectivity index is 2.67. The van der Waals surface area contributed by atoms with E-state index in [4.69, 9.17) is 11.0 Å². The Morgan fingerprint density at radius 1 is 1.44 bits per heavy atom. The van der Waals surface area contributed by atoms with Gasteiger partial charge in [0, 0.05) is 11.6 Å². The second-order valence-corrected chi connectivity index (χ2v) is 3.57. The third kappa shape index (κ3) is 1.73. The average molecular weight is 209 g/mol. The van der Waals surface area contributed by atoms with Gasteiger partial charge >= 0.3 is 0 Å². The number of rotatable bonds is 1. The molecule has 3 heteroatoms. The molecular weight excluding hydrogens is 198 g/mol. The first-order chi connectivity index (χ1) is 7.72. The van der Waals surface area contributed by atoms with E-state index in [1.54, 1.807) is 12.3 Å². The van der Waals surface area contributed by atoms with Gasteiger partial charge in [0.05, 0.1) is 5.52 Å². The van der Waals surface area contributed by atoms with E-state index >= 15 is 0 Å². The molecule has 0 aliphatic heterocycles. The third-order valence-corrected chi connectivity index (χ3v) is 2.52. The van der Waals surface area contributed by atoms with Gasteiger partial charge in [0.25, 0.3) is 0 Å². The minimum atomic E-state index is 0.195. The van der Waals surface area contributed by atoms with Crippen molar-refractivity contribution in [2.75, 3.05) is 0 Å². The summed E-state index contributed by atoms with van der Waals surface area (Å²) in [4.78, 5) is 4.32. The topological polar surface area (TPSA) is 62.7 Å². The number of nitriles is 1. The van der Waals surface area contributed by atoms with E-state index in [1.807, 2.05) is 37.3 Å². The van der Waals surface area contributed by atoms with Gasteiger partial charge in [-0.2, -0.15) is 5.26 Å². The maximum atomic E-state index is 8.64. The minimum Gasteiger partial charge on any atom is -0.390 e. The molecule has 0 spiro atoms. The second kappa shape index (κ2) is 4.03. The van der Waals surface area contributed by atoms with Crippen molar-refractivity contribution in [3.63, 3.8) is 0 Å². The SMILES string of the molecule is Cc1c(/C=C(\N)C#N)cnc2ccccc12. The summed E-state index contributed by atoms with van der Waals surface area (Å²) in [6.07, 6.45) is 3.39. The van der Waals surface area contributed by atoms with Gasteiger partial charge in [-0.3, -0.25) is 4.98 Å². The zero-order valence-corrected chi connectivity index (χ0v) is 8.94. The number of para-hydroxylation sites is 1. The molecule has 3 nitrogen and oxygen atoms in total. The Kier molecular flexibility index (Phi) is 2.57. The van der Waals surface area contributed by atoms with Gasteiger partial charge < -0.3 is 5.73 Å². The summed E-state index contributed by atoms with van der Waals surface area (Å²) in [6.45, 7) is 2.00. The summed E-state index contributed by atoms with van der Waals surface area (Å²) in [5.41, 5.74) is 8.61. The first-order valence-corrected chi connectivity index (χ1v) is 4.94. The van der Waals surface area contributed by atoms with Crippen LogP contribution < -0.4 is 5.73 Å². The predicted molar refractivity (Wildman–Crippen MR) is 64.3 cm³/mol. The molecule has 0 atom stereocenters. The lowest BCUT2D eigenvalue weighted by Crippen LogP contribution is -1.94. The number of aromatic nitrogens is 1. The van der Waals surface area contributed by atoms with E-state index in [-0.39, 0.29) is 5.70 Å². The van der Waals surface area contributed by atoms with Crippen molar-refractivity contribution in [3.8, 4) is 6.07 Å². The van der Waals surface area contributed by atoms with E-state index in [0.717, 1.165) is 22.0 Å². The van der Waals surface area contributed by atoms with Crippen LogP contribution >= 0.6 is 0 Å². The van der Waals surface area contributed by atoms with Gasteiger partial charge in [-0.25, -0.2) is 0 Å². The number of nitrogens with two attached hydrogens (primary N) is 1. The first kappa shape index (κ1) is 10.2. The lowest BCUT2D eigenvalue weighted by atomic mass is 10.0. The number of hydrogen-bond donors (Lipinski definition) is 1. The van der Waals surface area contributed by atoms with Crippen LogP contribution in [0.4, 0.5) is 0 Å². The molecule has 0 bridgehead atoms. The maximum Gasteiger partial charge on any atom is 0.117 e. The largest absolute Gasteiger partial charge is 0.390 e. The Morgan fingerprint density at radius 2 is 2.19 bits per heavy atom. The van der Waals surface area contributed by atoms with E-state index in [2.05, 4.69) is 4.98 Å². The minimum absolute atomic E-state index is 0.195. The van der Waals surface area contributed by atoms with Crippen LogP contribution in [0.15, 0.2) is 36.2 Å².